The second kappa shape index (κ2) is 7.66. The molecule has 3 rings (SSSR count). The van der Waals surface area contributed by atoms with E-state index in [0.29, 0.717) is 12.0 Å². The zero-order chi connectivity index (χ0) is 18.5. The van der Waals surface area contributed by atoms with Crippen molar-refractivity contribution in [2.45, 2.75) is 6.42 Å². The van der Waals surface area contributed by atoms with Crippen molar-refractivity contribution >= 4 is 22.5 Å². The largest absolute Gasteiger partial charge is 0.489 e. The van der Waals surface area contributed by atoms with Crippen LogP contribution in [0.5, 0.6) is 5.75 Å². The van der Waals surface area contributed by atoms with E-state index in [-0.39, 0.29) is 24.0 Å². The molecule has 0 radical (unpaired) electrons. The summed E-state index contributed by atoms with van der Waals surface area (Å²) in [5.74, 6) is 1.58. The first kappa shape index (κ1) is 17.4. The molecule has 0 unspecified atom stereocenters. The summed E-state index contributed by atoms with van der Waals surface area (Å²) in [6.45, 7) is 0.214. The number of halogens is 1. The van der Waals surface area contributed by atoms with Crippen LogP contribution in [0.15, 0.2) is 54.7 Å². The Labute approximate surface area is 151 Å². The topological polar surface area (TPSA) is 42.4 Å². The molecule has 130 valence electrons. The number of rotatable bonds is 5. The third kappa shape index (κ3) is 3.50. The van der Waals surface area contributed by atoms with Crippen molar-refractivity contribution in [2.75, 3.05) is 18.6 Å². The van der Waals surface area contributed by atoms with Crippen LogP contribution in [0.3, 0.4) is 0 Å². The molecular weight excluding hydrogens is 331 g/mol. The first-order chi connectivity index (χ1) is 12.6. The second-order valence-corrected chi connectivity index (χ2v) is 5.67. The Kier molecular flexibility index (Phi) is 5.14. The van der Waals surface area contributed by atoms with E-state index in [1.165, 1.54) is 24.1 Å². The van der Waals surface area contributed by atoms with Crippen molar-refractivity contribution in [3.8, 4) is 18.1 Å². The monoisotopic (exact) mass is 348 g/mol. The van der Waals surface area contributed by atoms with Gasteiger partial charge in [0.2, 0.25) is 0 Å². The zero-order valence-electron chi connectivity index (χ0n) is 14.3. The lowest BCUT2D eigenvalue weighted by Crippen LogP contribution is -2.27. The number of anilines is 1. The normalized spacial score (nSPS) is 10.3. The molecule has 0 bridgehead atoms. The van der Waals surface area contributed by atoms with E-state index in [1.807, 2.05) is 6.07 Å². The zero-order valence-corrected chi connectivity index (χ0v) is 14.3. The molecule has 2 aromatic carbocycles. The molecule has 1 heterocycles. The first-order valence-corrected chi connectivity index (χ1v) is 8.09. The van der Waals surface area contributed by atoms with Gasteiger partial charge in [-0.1, -0.05) is 12.1 Å². The highest BCUT2D eigenvalue weighted by Gasteiger charge is 2.19. The van der Waals surface area contributed by atoms with Crippen molar-refractivity contribution in [2.24, 2.45) is 0 Å². The van der Waals surface area contributed by atoms with Crippen molar-refractivity contribution in [1.82, 2.24) is 4.98 Å². The number of carbonyl (C=O) groups is 1. The lowest BCUT2D eigenvalue weighted by molar-refractivity contribution is 0.0992. The fourth-order valence-corrected chi connectivity index (χ4v) is 2.60. The molecule has 0 saturated carbocycles. The van der Waals surface area contributed by atoms with Crippen molar-refractivity contribution < 1.29 is 13.9 Å². The van der Waals surface area contributed by atoms with Crippen LogP contribution < -0.4 is 9.64 Å². The highest BCUT2D eigenvalue weighted by atomic mass is 19.1. The fourth-order valence-electron chi connectivity index (χ4n) is 2.60. The number of fused-ring (bicyclic) bond motifs is 1. The molecule has 0 atom stereocenters. The van der Waals surface area contributed by atoms with Gasteiger partial charge in [0, 0.05) is 30.6 Å². The Morgan fingerprint density at radius 3 is 2.92 bits per heavy atom. The predicted octanol–water partition coefficient (Wildman–Crippen LogP) is 4.05. The molecule has 0 aliphatic rings. The number of carbonyl (C=O) groups excluding carboxylic acids is 1. The number of hydrogen-bond acceptors (Lipinski definition) is 3. The van der Waals surface area contributed by atoms with Gasteiger partial charge < -0.3 is 9.64 Å². The maximum absolute atomic E-state index is 14.7. The molecule has 0 N–H and O–H groups in total. The van der Waals surface area contributed by atoms with Gasteiger partial charge in [-0.25, -0.2) is 4.39 Å². The molecule has 1 amide bonds. The lowest BCUT2D eigenvalue weighted by atomic mass is 10.1. The number of terminal acetylenes is 1. The minimum Gasteiger partial charge on any atom is -0.489 e. The molecule has 26 heavy (non-hydrogen) atoms. The Hall–Kier alpha value is -3.39. The van der Waals surface area contributed by atoms with E-state index in [9.17, 15) is 9.18 Å². The van der Waals surface area contributed by atoms with Crippen molar-refractivity contribution in [3.63, 3.8) is 0 Å². The molecule has 0 saturated heterocycles. The van der Waals surface area contributed by atoms with Gasteiger partial charge in [-0.05, 0) is 36.4 Å². The van der Waals surface area contributed by atoms with Crippen LogP contribution >= 0.6 is 0 Å². The molecule has 0 spiro atoms. The molecule has 5 heteroatoms. The molecule has 0 fully saturated rings. The van der Waals surface area contributed by atoms with Crippen LogP contribution in [-0.4, -0.2) is 24.5 Å². The smallest absolute Gasteiger partial charge is 0.258 e. The van der Waals surface area contributed by atoms with Crippen molar-refractivity contribution in [3.05, 3.63) is 66.1 Å². The highest BCUT2D eigenvalue weighted by molar-refractivity contribution is 6.07. The summed E-state index contributed by atoms with van der Waals surface area (Å²) in [5.41, 5.74) is 1.38. The summed E-state index contributed by atoms with van der Waals surface area (Å²) in [4.78, 5) is 18.3. The number of benzene rings is 2. The average molecular weight is 348 g/mol. The third-order valence-electron chi connectivity index (χ3n) is 3.96. The third-order valence-corrected chi connectivity index (χ3v) is 3.96. The van der Waals surface area contributed by atoms with E-state index in [0.717, 1.165) is 10.9 Å². The first-order valence-electron chi connectivity index (χ1n) is 8.09. The number of ether oxygens (including phenoxy) is 1. The lowest BCUT2D eigenvalue weighted by Gasteiger charge is -2.19. The maximum Gasteiger partial charge on any atom is 0.258 e. The quantitative estimate of drug-likeness (QED) is 0.516. The van der Waals surface area contributed by atoms with Crippen LogP contribution in [0, 0.1) is 18.2 Å². The van der Waals surface area contributed by atoms with Crippen LogP contribution in [0.25, 0.3) is 10.9 Å². The molecular formula is C21H17FN2O2. The SMILES string of the molecule is C#CCCOc1cccc(N(C)C(=O)c2ccc3ncccc3c2)c1F. The summed E-state index contributed by atoms with van der Waals surface area (Å²) in [6, 6.07) is 13.5. The Morgan fingerprint density at radius 1 is 1.27 bits per heavy atom. The molecule has 3 aromatic rings. The highest BCUT2D eigenvalue weighted by Crippen LogP contribution is 2.28. The Morgan fingerprint density at radius 2 is 2.12 bits per heavy atom. The summed E-state index contributed by atoms with van der Waals surface area (Å²) in [5, 5.41) is 0.846. The van der Waals surface area contributed by atoms with Crippen LogP contribution in [0.2, 0.25) is 0 Å². The number of pyridine rings is 1. The van der Waals surface area contributed by atoms with Gasteiger partial charge in [0.1, 0.15) is 0 Å². The average Bonchev–Trinajstić information content (AvgIpc) is 2.68. The van der Waals surface area contributed by atoms with Crippen LogP contribution in [-0.2, 0) is 0 Å². The van der Waals surface area contributed by atoms with E-state index in [2.05, 4.69) is 10.9 Å². The van der Waals surface area contributed by atoms with Crippen LogP contribution in [0.4, 0.5) is 10.1 Å². The summed E-state index contributed by atoms with van der Waals surface area (Å²) >= 11 is 0. The second-order valence-electron chi connectivity index (χ2n) is 5.67. The minimum atomic E-state index is -0.595. The summed E-state index contributed by atoms with van der Waals surface area (Å²) in [6.07, 6.45) is 7.24. The van der Waals surface area contributed by atoms with Crippen LogP contribution in [0.1, 0.15) is 16.8 Å². The van der Waals surface area contributed by atoms with Gasteiger partial charge in [0.05, 0.1) is 17.8 Å². The number of nitrogens with zero attached hydrogens (tertiary/aromatic N) is 2. The molecule has 1 aromatic heterocycles. The van der Waals surface area contributed by atoms with Gasteiger partial charge in [-0.15, -0.1) is 12.3 Å². The van der Waals surface area contributed by atoms with Gasteiger partial charge in [-0.2, -0.15) is 0 Å². The predicted molar refractivity (Wildman–Crippen MR) is 99.8 cm³/mol. The minimum absolute atomic E-state index is 0.0695. The van der Waals surface area contributed by atoms with Gasteiger partial charge >= 0.3 is 0 Å². The number of hydrogen-bond donors (Lipinski definition) is 0. The van der Waals surface area contributed by atoms with E-state index >= 15 is 0 Å². The Bertz CT molecular complexity index is 995. The van der Waals surface area contributed by atoms with Crippen molar-refractivity contribution in [1.29, 1.82) is 0 Å². The standard InChI is InChI=1S/C21H17FN2O2/c1-3-4-13-26-19-9-5-8-18(20(19)22)24(2)21(25)16-10-11-17-15(14-16)7-6-12-23-17/h1,5-12,14H,4,13H2,2H3. The summed E-state index contributed by atoms with van der Waals surface area (Å²) < 4.78 is 20.0. The molecule has 0 aliphatic carbocycles. The summed E-state index contributed by atoms with van der Waals surface area (Å²) in [7, 11) is 1.53. The van der Waals surface area contributed by atoms with E-state index < -0.39 is 5.82 Å². The Balaban J connectivity index is 1.88. The van der Waals surface area contributed by atoms with E-state index in [1.54, 1.807) is 36.5 Å². The molecule has 4 nitrogen and oxygen atoms in total. The van der Waals surface area contributed by atoms with Gasteiger partial charge in [0.25, 0.3) is 5.91 Å². The molecule has 0 aliphatic heterocycles. The number of aromatic nitrogens is 1. The van der Waals surface area contributed by atoms with Gasteiger partial charge in [-0.3, -0.25) is 9.78 Å². The number of amides is 1. The maximum atomic E-state index is 14.7. The van der Waals surface area contributed by atoms with E-state index in [4.69, 9.17) is 11.2 Å². The fraction of sp³-hybridized carbons (Fsp3) is 0.143. The van der Waals surface area contributed by atoms with Gasteiger partial charge in [0.15, 0.2) is 11.6 Å².